The van der Waals surface area contributed by atoms with Gasteiger partial charge >= 0.3 is 11.8 Å². The van der Waals surface area contributed by atoms with Crippen LogP contribution in [0.25, 0.3) is 0 Å². The number of likely N-dealkylation sites (tertiary alicyclic amines) is 1. The van der Waals surface area contributed by atoms with Gasteiger partial charge in [-0.15, -0.1) is 0 Å². The maximum absolute atomic E-state index is 12.4. The third-order valence-electron chi connectivity index (χ3n) is 6.85. The average Bonchev–Trinajstić information content (AvgIpc) is 3.63. The van der Waals surface area contributed by atoms with Gasteiger partial charge in [-0.25, -0.2) is 0 Å². The molecule has 36 heavy (non-hydrogen) atoms. The molecule has 0 atom stereocenters. The Morgan fingerprint density at radius 1 is 1.17 bits per heavy atom. The molecule has 0 bridgehead atoms. The molecule has 1 saturated carbocycles. The van der Waals surface area contributed by atoms with Crippen molar-refractivity contribution >= 4 is 29.6 Å². The van der Waals surface area contributed by atoms with E-state index in [1.807, 2.05) is 18.3 Å². The van der Waals surface area contributed by atoms with Crippen LogP contribution in [0.4, 0.5) is 5.69 Å². The Kier molecular flexibility index (Phi) is 7.53. The van der Waals surface area contributed by atoms with Gasteiger partial charge in [0.05, 0.1) is 5.54 Å². The molecule has 5 rings (SSSR count). The summed E-state index contributed by atoms with van der Waals surface area (Å²) in [5.41, 5.74) is 4.44. The van der Waals surface area contributed by atoms with E-state index in [2.05, 4.69) is 58.1 Å². The molecule has 188 valence electrons. The smallest absolute Gasteiger partial charge is 0.309 e. The van der Waals surface area contributed by atoms with Crippen LogP contribution in [0.1, 0.15) is 43.7 Å². The van der Waals surface area contributed by atoms with Crippen molar-refractivity contribution in [3.05, 3.63) is 53.1 Å². The van der Waals surface area contributed by atoms with Crippen molar-refractivity contribution in [1.82, 2.24) is 20.9 Å². The van der Waals surface area contributed by atoms with Gasteiger partial charge in [-0.1, -0.05) is 24.3 Å². The summed E-state index contributed by atoms with van der Waals surface area (Å²) in [4.78, 5) is 36.1. The normalized spacial score (nSPS) is 18.4. The van der Waals surface area contributed by atoms with E-state index in [9.17, 15) is 14.4 Å². The summed E-state index contributed by atoms with van der Waals surface area (Å²) in [5.74, 6) is -0.864. The minimum Gasteiger partial charge on any atom is -0.348 e. The van der Waals surface area contributed by atoms with Crippen molar-refractivity contribution in [3.8, 4) is 6.19 Å². The number of nitrogens with one attached hydrogen (secondary N) is 3. The monoisotopic (exact) mass is 489 g/mol. The number of rotatable bonds is 6. The lowest BCUT2D eigenvalue weighted by Crippen LogP contribution is -2.50. The van der Waals surface area contributed by atoms with E-state index in [-0.39, 0.29) is 17.4 Å². The standard InChI is InChI=1S/C18H18N2O.C9H14N4O2/c1-20-12-14-11-15(7-8-16(14)20)18(9-10-18)19-17(21)13-5-3-2-4-6-13;1-2-11-8(14)9(15)12-3-7-4-13(5-7)6-10/h3,5-8,11-12H,2,4,9-10H2,1H3;7H,2-5H2,1H3,(H,11,14)(H,12,15)/p+1. The van der Waals surface area contributed by atoms with Crippen molar-refractivity contribution in [2.45, 2.75) is 38.1 Å². The predicted octanol–water partition coefficient (Wildman–Crippen LogP) is 1.43. The molecule has 2 heterocycles. The molecule has 2 aliphatic carbocycles. The van der Waals surface area contributed by atoms with Crippen molar-refractivity contribution < 1.29 is 19.0 Å². The molecule has 0 spiro atoms. The van der Waals surface area contributed by atoms with Gasteiger partial charge < -0.3 is 20.9 Å². The molecule has 2 aliphatic heterocycles. The van der Waals surface area contributed by atoms with Crippen LogP contribution in [-0.4, -0.2) is 66.6 Å². The summed E-state index contributed by atoms with van der Waals surface area (Å²) in [6.07, 6.45) is 14.2. The SMILES string of the molecule is CCNC(=O)C(=O)NCC1CN(C#N)C1.C[N+]1=Cc2cc(C3(NC(=O)C4=CCCC=C4)CC3)ccc21. The van der Waals surface area contributed by atoms with Crippen LogP contribution in [0.2, 0.25) is 0 Å². The zero-order valence-corrected chi connectivity index (χ0v) is 20.8. The van der Waals surface area contributed by atoms with E-state index in [0.29, 0.717) is 26.2 Å². The summed E-state index contributed by atoms with van der Waals surface area (Å²) in [5, 5.41) is 16.7. The number of amides is 3. The number of hydrogen-bond acceptors (Lipinski definition) is 5. The number of allylic oxidation sites excluding steroid dienone is 2. The third kappa shape index (κ3) is 5.65. The summed E-state index contributed by atoms with van der Waals surface area (Å²) in [6, 6.07) is 6.52. The van der Waals surface area contributed by atoms with Gasteiger partial charge in [0.15, 0.2) is 12.4 Å². The van der Waals surface area contributed by atoms with Crippen LogP contribution < -0.4 is 16.0 Å². The van der Waals surface area contributed by atoms with E-state index in [1.54, 1.807) is 11.8 Å². The molecule has 4 aliphatic rings. The predicted molar refractivity (Wildman–Crippen MR) is 135 cm³/mol. The minimum atomic E-state index is -0.604. The molecule has 3 amide bonds. The van der Waals surface area contributed by atoms with Crippen LogP contribution in [-0.2, 0) is 19.9 Å². The molecule has 9 nitrogen and oxygen atoms in total. The van der Waals surface area contributed by atoms with Crippen molar-refractivity contribution in [2.24, 2.45) is 5.92 Å². The van der Waals surface area contributed by atoms with Crippen molar-refractivity contribution in [3.63, 3.8) is 0 Å². The maximum Gasteiger partial charge on any atom is 0.309 e. The topological polar surface area (TPSA) is 117 Å². The Labute approximate surface area is 211 Å². The number of carbonyl (C=O) groups excluding carboxylic acids is 3. The number of hydrogen-bond donors (Lipinski definition) is 3. The first-order valence-electron chi connectivity index (χ1n) is 12.5. The quantitative estimate of drug-likeness (QED) is 0.318. The first-order chi connectivity index (χ1) is 17.3. The van der Waals surface area contributed by atoms with E-state index in [1.165, 1.54) is 16.8 Å². The number of nitriles is 1. The van der Waals surface area contributed by atoms with Crippen LogP contribution in [0.5, 0.6) is 0 Å². The maximum atomic E-state index is 12.4. The molecule has 2 fully saturated rings. The molecule has 0 unspecified atom stereocenters. The highest BCUT2D eigenvalue weighted by atomic mass is 16.2. The average molecular weight is 490 g/mol. The molecule has 1 aromatic rings. The lowest BCUT2D eigenvalue weighted by molar-refractivity contribution is -0.411. The molecule has 1 aromatic carbocycles. The Balaban J connectivity index is 0.000000181. The number of carbonyl (C=O) groups is 3. The Morgan fingerprint density at radius 2 is 1.92 bits per heavy atom. The van der Waals surface area contributed by atoms with Crippen LogP contribution in [0.15, 0.2) is 42.0 Å². The highest BCUT2D eigenvalue weighted by Gasteiger charge is 2.46. The second-order valence-corrected chi connectivity index (χ2v) is 9.63. The number of fused-ring (bicyclic) bond motifs is 1. The first-order valence-corrected chi connectivity index (χ1v) is 12.5. The largest absolute Gasteiger partial charge is 0.348 e. The number of benzene rings is 1. The highest BCUT2D eigenvalue weighted by molar-refractivity contribution is 6.35. The van der Waals surface area contributed by atoms with Gasteiger partial charge in [-0.05, 0) is 44.2 Å². The molecule has 3 N–H and O–H groups in total. The Hall–Kier alpha value is -3.93. The van der Waals surface area contributed by atoms with E-state index >= 15 is 0 Å². The lowest BCUT2D eigenvalue weighted by Gasteiger charge is -2.34. The van der Waals surface area contributed by atoms with Gasteiger partial charge in [-0.2, -0.15) is 9.84 Å². The lowest BCUT2D eigenvalue weighted by atomic mass is 9.97. The molecule has 1 saturated heterocycles. The number of nitrogens with zero attached hydrogens (tertiary/aromatic N) is 3. The zero-order valence-electron chi connectivity index (χ0n) is 20.8. The van der Waals surface area contributed by atoms with Gasteiger partial charge in [-0.3, -0.25) is 14.4 Å². The summed E-state index contributed by atoms with van der Waals surface area (Å²) in [7, 11) is 2.05. The summed E-state index contributed by atoms with van der Waals surface area (Å²) in [6.45, 7) is 3.96. The van der Waals surface area contributed by atoms with Gasteiger partial charge in [0.25, 0.3) is 5.91 Å². The molecular weight excluding hydrogens is 456 g/mol. The van der Waals surface area contributed by atoms with E-state index in [0.717, 1.165) is 31.3 Å². The fourth-order valence-electron chi connectivity index (χ4n) is 4.51. The second kappa shape index (κ2) is 10.8. The fourth-order valence-corrected chi connectivity index (χ4v) is 4.51. The molecule has 9 heteroatoms. The van der Waals surface area contributed by atoms with E-state index < -0.39 is 11.8 Å². The van der Waals surface area contributed by atoms with Crippen LogP contribution in [0.3, 0.4) is 0 Å². The molecule has 0 aromatic heterocycles. The fraction of sp³-hybridized carbons (Fsp3) is 0.444. The van der Waals surface area contributed by atoms with Gasteiger partial charge in [0.1, 0.15) is 12.6 Å². The summed E-state index contributed by atoms with van der Waals surface area (Å²) >= 11 is 0. The molecule has 0 radical (unpaired) electrons. The van der Waals surface area contributed by atoms with Gasteiger partial charge in [0.2, 0.25) is 5.69 Å². The molecular formula is C27H33N6O3+. The first kappa shape index (κ1) is 25.2. The van der Waals surface area contributed by atoms with Crippen LogP contribution in [0, 0.1) is 17.4 Å². The van der Waals surface area contributed by atoms with Crippen molar-refractivity contribution in [1.29, 1.82) is 5.26 Å². The second-order valence-electron chi connectivity index (χ2n) is 9.63. The van der Waals surface area contributed by atoms with Gasteiger partial charge in [0, 0.05) is 43.7 Å². The highest BCUT2D eigenvalue weighted by Crippen LogP contribution is 2.47. The zero-order chi connectivity index (χ0) is 25.7. The van der Waals surface area contributed by atoms with E-state index in [4.69, 9.17) is 5.26 Å². The Bertz CT molecular complexity index is 1180. The van der Waals surface area contributed by atoms with Crippen molar-refractivity contribution in [2.75, 3.05) is 33.2 Å². The minimum absolute atomic E-state index is 0.0623. The number of likely N-dealkylation sites (N-methyl/N-ethyl adjacent to an activating group) is 1. The third-order valence-corrected chi connectivity index (χ3v) is 6.85. The summed E-state index contributed by atoms with van der Waals surface area (Å²) < 4.78 is 2.12. The Morgan fingerprint density at radius 3 is 2.50 bits per heavy atom. The van der Waals surface area contributed by atoms with Crippen LogP contribution >= 0.6 is 0 Å².